The van der Waals surface area contributed by atoms with Crippen LogP contribution in [-0.4, -0.2) is 45.1 Å². The molecule has 0 spiro atoms. The molecule has 2 heterocycles. The lowest BCUT2D eigenvalue weighted by molar-refractivity contribution is 0.0541. The lowest BCUT2D eigenvalue weighted by Gasteiger charge is -2.29. The van der Waals surface area contributed by atoms with E-state index in [-0.39, 0.29) is 28.6 Å². The molecule has 1 aromatic rings. The SMILES string of the molecule is CC(C)c1ncc(Cl)c(C(=O)N2CCC(O)CC2)n1. The lowest BCUT2D eigenvalue weighted by atomic mass is 10.1. The molecule has 0 aromatic carbocycles. The number of hydrogen-bond acceptors (Lipinski definition) is 4. The summed E-state index contributed by atoms with van der Waals surface area (Å²) in [5.41, 5.74) is 0.261. The third-order valence-corrected chi connectivity index (χ3v) is 3.51. The third-order valence-electron chi connectivity index (χ3n) is 3.23. The van der Waals surface area contributed by atoms with Gasteiger partial charge >= 0.3 is 0 Å². The van der Waals surface area contributed by atoms with Gasteiger partial charge in [0.15, 0.2) is 5.69 Å². The molecule has 19 heavy (non-hydrogen) atoms. The minimum atomic E-state index is -0.309. The molecule has 0 bridgehead atoms. The second-order valence-electron chi connectivity index (χ2n) is 5.10. The van der Waals surface area contributed by atoms with Gasteiger partial charge < -0.3 is 10.0 Å². The fourth-order valence-electron chi connectivity index (χ4n) is 2.03. The molecule has 0 saturated carbocycles. The van der Waals surface area contributed by atoms with E-state index >= 15 is 0 Å². The van der Waals surface area contributed by atoms with Crippen LogP contribution in [0.2, 0.25) is 5.02 Å². The maximum atomic E-state index is 12.4. The fourth-order valence-corrected chi connectivity index (χ4v) is 2.20. The molecule has 6 heteroatoms. The van der Waals surface area contributed by atoms with E-state index in [2.05, 4.69) is 9.97 Å². The number of halogens is 1. The number of nitrogens with zero attached hydrogens (tertiary/aromatic N) is 3. The standard InChI is InChI=1S/C13H18ClN3O2/c1-8(2)12-15-7-10(14)11(16-12)13(19)17-5-3-9(18)4-6-17/h7-9,18H,3-6H2,1-2H3. The van der Waals surface area contributed by atoms with E-state index in [1.54, 1.807) is 4.90 Å². The van der Waals surface area contributed by atoms with Crippen molar-refractivity contribution in [2.24, 2.45) is 0 Å². The Morgan fingerprint density at radius 3 is 2.68 bits per heavy atom. The molecule has 0 unspecified atom stereocenters. The minimum absolute atomic E-state index is 0.145. The Hall–Kier alpha value is -1.20. The first-order chi connectivity index (χ1) is 8.99. The average molecular weight is 284 g/mol. The van der Waals surface area contributed by atoms with Gasteiger partial charge in [0.05, 0.1) is 17.3 Å². The highest BCUT2D eigenvalue weighted by atomic mass is 35.5. The summed E-state index contributed by atoms with van der Waals surface area (Å²) in [7, 11) is 0. The van der Waals surface area contributed by atoms with Crippen LogP contribution >= 0.6 is 11.6 Å². The summed E-state index contributed by atoms with van der Waals surface area (Å²) >= 11 is 6.02. The smallest absolute Gasteiger partial charge is 0.274 e. The Morgan fingerprint density at radius 2 is 2.11 bits per heavy atom. The van der Waals surface area contributed by atoms with Crippen LogP contribution < -0.4 is 0 Å². The number of piperidine rings is 1. The quantitative estimate of drug-likeness (QED) is 0.899. The van der Waals surface area contributed by atoms with Gasteiger partial charge in [-0.2, -0.15) is 0 Å². The van der Waals surface area contributed by atoms with Gasteiger partial charge in [0.2, 0.25) is 0 Å². The van der Waals surface area contributed by atoms with Crippen molar-refractivity contribution in [3.8, 4) is 0 Å². The Balaban J connectivity index is 2.20. The summed E-state index contributed by atoms with van der Waals surface area (Å²) in [5.74, 6) is 0.581. The zero-order valence-electron chi connectivity index (χ0n) is 11.1. The van der Waals surface area contributed by atoms with E-state index in [9.17, 15) is 9.90 Å². The predicted molar refractivity (Wildman–Crippen MR) is 72.3 cm³/mol. The number of carbonyl (C=O) groups excluding carboxylic acids is 1. The van der Waals surface area contributed by atoms with Crippen LogP contribution in [0, 0.1) is 0 Å². The molecule has 1 aliphatic heterocycles. The molecular weight excluding hydrogens is 266 g/mol. The normalized spacial score (nSPS) is 17.0. The molecule has 1 aliphatic rings. The molecular formula is C13H18ClN3O2. The molecule has 1 fully saturated rings. The number of likely N-dealkylation sites (tertiary alicyclic amines) is 1. The van der Waals surface area contributed by atoms with E-state index in [1.165, 1.54) is 6.20 Å². The van der Waals surface area contributed by atoms with E-state index in [0.29, 0.717) is 31.8 Å². The van der Waals surface area contributed by atoms with Crippen molar-refractivity contribution in [2.75, 3.05) is 13.1 Å². The summed E-state index contributed by atoms with van der Waals surface area (Å²) in [6.45, 7) is 5.01. The second-order valence-corrected chi connectivity index (χ2v) is 5.51. The molecule has 1 N–H and O–H groups in total. The number of aliphatic hydroxyl groups excluding tert-OH is 1. The predicted octanol–water partition coefficient (Wildman–Crippen LogP) is 1.85. The van der Waals surface area contributed by atoms with Gasteiger partial charge in [-0.05, 0) is 12.8 Å². The van der Waals surface area contributed by atoms with Crippen molar-refractivity contribution >= 4 is 17.5 Å². The van der Waals surface area contributed by atoms with Crippen molar-refractivity contribution in [3.05, 3.63) is 22.7 Å². The average Bonchev–Trinajstić information content (AvgIpc) is 2.39. The van der Waals surface area contributed by atoms with Gasteiger partial charge in [-0.3, -0.25) is 4.79 Å². The van der Waals surface area contributed by atoms with Crippen LogP contribution in [0.15, 0.2) is 6.20 Å². The number of aromatic nitrogens is 2. The summed E-state index contributed by atoms with van der Waals surface area (Å²) in [4.78, 5) is 22.5. The molecule has 0 aliphatic carbocycles. The third kappa shape index (κ3) is 3.22. The lowest BCUT2D eigenvalue weighted by Crippen LogP contribution is -2.40. The van der Waals surface area contributed by atoms with Crippen molar-refractivity contribution in [1.82, 2.24) is 14.9 Å². The molecule has 0 atom stereocenters. The van der Waals surface area contributed by atoms with Crippen LogP contribution in [0.25, 0.3) is 0 Å². The molecule has 2 rings (SSSR count). The molecule has 104 valence electrons. The zero-order chi connectivity index (χ0) is 14.0. The summed E-state index contributed by atoms with van der Waals surface area (Å²) < 4.78 is 0. The second kappa shape index (κ2) is 5.84. The highest BCUT2D eigenvalue weighted by molar-refractivity contribution is 6.33. The monoisotopic (exact) mass is 283 g/mol. The Morgan fingerprint density at radius 1 is 1.47 bits per heavy atom. The number of aliphatic hydroxyl groups is 1. The van der Waals surface area contributed by atoms with Crippen LogP contribution in [-0.2, 0) is 0 Å². The van der Waals surface area contributed by atoms with Crippen molar-refractivity contribution in [3.63, 3.8) is 0 Å². The number of rotatable bonds is 2. The van der Waals surface area contributed by atoms with Gasteiger partial charge in [0, 0.05) is 19.0 Å². The topological polar surface area (TPSA) is 66.3 Å². The van der Waals surface area contributed by atoms with Gasteiger partial charge in [-0.15, -0.1) is 0 Å². The highest BCUT2D eigenvalue weighted by Gasteiger charge is 2.25. The molecule has 5 nitrogen and oxygen atoms in total. The fraction of sp³-hybridized carbons (Fsp3) is 0.615. The van der Waals surface area contributed by atoms with E-state index in [1.807, 2.05) is 13.8 Å². The van der Waals surface area contributed by atoms with Gasteiger partial charge in [-0.25, -0.2) is 9.97 Å². The molecule has 1 amide bonds. The van der Waals surface area contributed by atoms with E-state index < -0.39 is 0 Å². The molecule has 1 saturated heterocycles. The van der Waals surface area contributed by atoms with Gasteiger partial charge in [-0.1, -0.05) is 25.4 Å². The van der Waals surface area contributed by atoms with E-state index in [0.717, 1.165) is 0 Å². The first-order valence-electron chi connectivity index (χ1n) is 6.48. The van der Waals surface area contributed by atoms with Crippen LogP contribution in [0.3, 0.4) is 0 Å². The zero-order valence-corrected chi connectivity index (χ0v) is 11.9. The summed E-state index contributed by atoms with van der Waals surface area (Å²) in [5, 5.41) is 9.74. The maximum absolute atomic E-state index is 12.4. The van der Waals surface area contributed by atoms with Crippen molar-refractivity contribution < 1.29 is 9.90 Å². The molecule has 1 aromatic heterocycles. The number of carbonyl (C=O) groups is 1. The van der Waals surface area contributed by atoms with Gasteiger partial charge in [0.25, 0.3) is 5.91 Å². The largest absolute Gasteiger partial charge is 0.393 e. The van der Waals surface area contributed by atoms with Crippen LogP contribution in [0.1, 0.15) is 48.9 Å². The van der Waals surface area contributed by atoms with Crippen LogP contribution in [0.4, 0.5) is 0 Å². The maximum Gasteiger partial charge on any atom is 0.274 e. The molecule has 0 radical (unpaired) electrons. The first kappa shape index (κ1) is 14.2. The summed E-state index contributed by atoms with van der Waals surface area (Å²) in [6.07, 6.45) is 2.38. The van der Waals surface area contributed by atoms with Gasteiger partial charge in [0.1, 0.15) is 5.82 Å². The number of amides is 1. The first-order valence-corrected chi connectivity index (χ1v) is 6.86. The summed E-state index contributed by atoms with van der Waals surface area (Å²) in [6, 6.07) is 0. The highest BCUT2D eigenvalue weighted by Crippen LogP contribution is 2.20. The van der Waals surface area contributed by atoms with E-state index in [4.69, 9.17) is 11.6 Å². The Kier molecular flexibility index (Phi) is 4.37. The Labute approximate surface area is 117 Å². The van der Waals surface area contributed by atoms with Crippen molar-refractivity contribution in [2.45, 2.75) is 38.7 Å². The number of hydrogen-bond donors (Lipinski definition) is 1. The van der Waals surface area contributed by atoms with Crippen molar-refractivity contribution in [1.29, 1.82) is 0 Å². The Bertz CT molecular complexity index is 471. The minimum Gasteiger partial charge on any atom is -0.393 e. The van der Waals surface area contributed by atoms with Crippen LogP contribution in [0.5, 0.6) is 0 Å².